The standard InChI is InChI=1S/C20H32N4O2/c1-13(2)18-12-24(9-5-8-23(18)11-16-6-7-16)19(25)10-17-14(3)21-15(4)22-20(17)26/h13,16,18H,5-12H2,1-4H3,(H,21,22,26)/t18-/m1/s1. The van der Waals surface area contributed by atoms with Gasteiger partial charge in [0.25, 0.3) is 5.56 Å². The van der Waals surface area contributed by atoms with Crippen molar-refractivity contribution in [2.24, 2.45) is 11.8 Å². The summed E-state index contributed by atoms with van der Waals surface area (Å²) < 4.78 is 0. The number of H-pyrrole nitrogens is 1. The first-order chi connectivity index (χ1) is 12.3. The van der Waals surface area contributed by atoms with Crippen molar-refractivity contribution >= 4 is 5.91 Å². The van der Waals surface area contributed by atoms with Crippen LogP contribution in [0.25, 0.3) is 0 Å². The molecule has 1 atom stereocenters. The van der Waals surface area contributed by atoms with Crippen molar-refractivity contribution in [1.29, 1.82) is 0 Å². The maximum Gasteiger partial charge on any atom is 0.254 e. The first kappa shape index (κ1) is 19.1. The molecular formula is C20H32N4O2. The molecule has 1 aromatic rings. The molecule has 0 spiro atoms. The van der Waals surface area contributed by atoms with Crippen LogP contribution < -0.4 is 5.56 Å². The second-order valence-electron chi connectivity index (χ2n) is 8.34. The maximum absolute atomic E-state index is 12.9. The Morgan fingerprint density at radius 3 is 2.62 bits per heavy atom. The zero-order chi connectivity index (χ0) is 18.8. The minimum Gasteiger partial charge on any atom is -0.341 e. The number of carbonyl (C=O) groups excluding carboxylic acids is 1. The zero-order valence-corrected chi connectivity index (χ0v) is 16.5. The van der Waals surface area contributed by atoms with Crippen LogP contribution in [0.2, 0.25) is 0 Å². The molecule has 1 saturated heterocycles. The molecule has 0 unspecified atom stereocenters. The predicted octanol–water partition coefficient (Wildman–Crippen LogP) is 1.90. The molecular weight excluding hydrogens is 328 g/mol. The molecule has 2 heterocycles. The number of hydrogen-bond acceptors (Lipinski definition) is 4. The summed E-state index contributed by atoms with van der Waals surface area (Å²) in [5.74, 6) is 2.00. The number of aromatic nitrogens is 2. The van der Waals surface area contributed by atoms with E-state index in [9.17, 15) is 9.59 Å². The Hall–Kier alpha value is -1.69. The lowest BCUT2D eigenvalue weighted by atomic mass is 10.0. The third kappa shape index (κ3) is 4.53. The highest BCUT2D eigenvalue weighted by molar-refractivity contribution is 5.79. The van der Waals surface area contributed by atoms with Crippen molar-refractivity contribution in [1.82, 2.24) is 19.8 Å². The van der Waals surface area contributed by atoms with Gasteiger partial charge in [-0.1, -0.05) is 13.8 Å². The number of aromatic amines is 1. The Morgan fingerprint density at radius 2 is 2.00 bits per heavy atom. The second-order valence-corrected chi connectivity index (χ2v) is 8.34. The summed E-state index contributed by atoms with van der Waals surface area (Å²) >= 11 is 0. The smallest absolute Gasteiger partial charge is 0.254 e. The summed E-state index contributed by atoms with van der Waals surface area (Å²) in [4.78, 5) is 36.8. The number of hydrogen-bond donors (Lipinski definition) is 1. The molecule has 0 bridgehead atoms. The van der Waals surface area contributed by atoms with Crippen LogP contribution in [0.4, 0.5) is 0 Å². The van der Waals surface area contributed by atoms with Crippen LogP contribution in [-0.2, 0) is 11.2 Å². The van der Waals surface area contributed by atoms with Crippen LogP contribution in [0.5, 0.6) is 0 Å². The maximum atomic E-state index is 12.9. The van der Waals surface area contributed by atoms with Crippen molar-refractivity contribution in [3.8, 4) is 0 Å². The summed E-state index contributed by atoms with van der Waals surface area (Å²) in [5.41, 5.74) is 0.972. The monoisotopic (exact) mass is 360 g/mol. The molecule has 2 fully saturated rings. The van der Waals surface area contributed by atoms with E-state index in [1.54, 1.807) is 6.92 Å². The van der Waals surface area contributed by atoms with Gasteiger partial charge in [-0.2, -0.15) is 0 Å². The van der Waals surface area contributed by atoms with Gasteiger partial charge in [0.15, 0.2) is 0 Å². The lowest BCUT2D eigenvalue weighted by Crippen LogP contribution is -2.47. The molecule has 1 aliphatic carbocycles. The Bertz CT molecular complexity index is 708. The van der Waals surface area contributed by atoms with Crippen LogP contribution in [-0.4, -0.2) is 57.9 Å². The Labute approximate surface area is 156 Å². The summed E-state index contributed by atoms with van der Waals surface area (Å²) in [6, 6.07) is 0.401. The van der Waals surface area contributed by atoms with Gasteiger partial charge in [0.1, 0.15) is 5.82 Å². The topological polar surface area (TPSA) is 69.3 Å². The van der Waals surface area contributed by atoms with Gasteiger partial charge in [-0.05, 0) is 44.9 Å². The summed E-state index contributed by atoms with van der Waals surface area (Å²) in [7, 11) is 0. The molecule has 1 N–H and O–H groups in total. The third-order valence-electron chi connectivity index (χ3n) is 5.73. The number of carbonyl (C=O) groups is 1. The number of nitrogens with zero attached hydrogens (tertiary/aromatic N) is 3. The van der Waals surface area contributed by atoms with Gasteiger partial charge in [-0.15, -0.1) is 0 Å². The second kappa shape index (κ2) is 7.91. The van der Waals surface area contributed by atoms with E-state index in [2.05, 4.69) is 28.7 Å². The highest BCUT2D eigenvalue weighted by Crippen LogP contribution is 2.31. The highest BCUT2D eigenvalue weighted by atomic mass is 16.2. The molecule has 1 amide bonds. The molecule has 1 saturated carbocycles. The van der Waals surface area contributed by atoms with Crippen LogP contribution in [0, 0.1) is 25.7 Å². The fourth-order valence-corrected chi connectivity index (χ4v) is 4.00. The first-order valence-corrected chi connectivity index (χ1v) is 9.93. The fourth-order valence-electron chi connectivity index (χ4n) is 4.00. The Morgan fingerprint density at radius 1 is 1.27 bits per heavy atom. The molecule has 3 rings (SSSR count). The van der Waals surface area contributed by atoms with Gasteiger partial charge in [-0.25, -0.2) is 4.98 Å². The molecule has 144 valence electrons. The van der Waals surface area contributed by atoms with Gasteiger partial charge in [0.2, 0.25) is 5.91 Å². The van der Waals surface area contributed by atoms with Crippen molar-refractivity contribution in [3.05, 3.63) is 27.4 Å². The minimum atomic E-state index is -0.186. The van der Waals surface area contributed by atoms with E-state index in [1.165, 1.54) is 19.4 Å². The summed E-state index contributed by atoms with van der Waals surface area (Å²) in [6.07, 6.45) is 3.85. The molecule has 0 aromatic carbocycles. The van der Waals surface area contributed by atoms with E-state index in [0.29, 0.717) is 29.0 Å². The van der Waals surface area contributed by atoms with Crippen molar-refractivity contribution < 1.29 is 4.79 Å². The van der Waals surface area contributed by atoms with E-state index in [4.69, 9.17) is 0 Å². The van der Waals surface area contributed by atoms with Crippen LogP contribution in [0.3, 0.4) is 0 Å². The molecule has 0 radical (unpaired) electrons. The van der Waals surface area contributed by atoms with Gasteiger partial charge in [0, 0.05) is 43.5 Å². The highest BCUT2D eigenvalue weighted by Gasteiger charge is 2.33. The molecule has 2 aliphatic rings. The molecule has 26 heavy (non-hydrogen) atoms. The van der Waals surface area contributed by atoms with Gasteiger partial charge in [-0.3, -0.25) is 14.5 Å². The quantitative estimate of drug-likeness (QED) is 0.871. The van der Waals surface area contributed by atoms with E-state index < -0.39 is 0 Å². The molecule has 6 nitrogen and oxygen atoms in total. The van der Waals surface area contributed by atoms with Crippen LogP contribution in [0.1, 0.15) is 50.2 Å². The Kier molecular flexibility index (Phi) is 5.80. The average Bonchev–Trinajstić information content (AvgIpc) is 3.38. The van der Waals surface area contributed by atoms with Crippen LogP contribution in [0.15, 0.2) is 4.79 Å². The summed E-state index contributed by atoms with van der Waals surface area (Å²) in [5, 5.41) is 0. The Balaban J connectivity index is 1.71. The zero-order valence-electron chi connectivity index (χ0n) is 16.5. The predicted molar refractivity (Wildman–Crippen MR) is 102 cm³/mol. The normalized spacial score (nSPS) is 21.9. The van der Waals surface area contributed by atoms with E-state index in [1.807, 2.05) is 11.8 Å². The number of aryl methyl sites for hydroxylation is 2. The van der Waals surface area contributed by atoms with Gasteiger partial charge >= 0.3 is 0 Å². The molecule has 1 aromatic heterocycles. The van der Waals surface area contributed by atoms with Crippen molar-refractivity contribution in [2.75, 3.05) is 26.2 Å². The van der Waals surface area contributed by atoms with Gasteiger partial charge < -0.3 is 9.88 Å². The third-order valence-corrected chi connectivity index (χ3v) is 5.73. The molecule has 1 aliphatic heterocycles. The fraction of sp³-hybridized carbons (Fsp3) is 0.750. The van der Waals surface area contributed by atoms with E-state index in [-0.39, 0.29) is 17.9 Å². The largest absolute Gasteiger partial charge is 0.341 e. The van der Waals surface area contributed by atoms with Crippen LogP contribution >= 0.6 is 0 Å². The molecule has 6 heteroatoms. The number of nitrogens with one attached hydrogen (secondary N) is 1. The number of rotatable bonds is 5. The van der Waals surface area contributed by atoms with E-state index in [0.717, 1.165) is 32.0 Å². The lowest BCUT2D eigenvalue weighted by Gasteiger charge is -2.34. The van der Waals surface area contributed by atoms with Crippen molar-refractivity contribution in [2.45, 2.75) is 59.4 Å². The van der Waals surface area contributed by atoms with Crippen molar-refractivity contribution in [3.63, 3.8) is 0 Å². The number of amides is 1. The average molecular weight is 361 g/mol. The lowest BCUT2D eigenvalue weighted by molar-refractivity contribution is -0.131. The SMILES string of the molecule is Cc1nc(C)c(CC(=O)N2CCCN(CC3CC3)[C@@H](C(C)C)C2)c(=O)[nH]1. The minimum absolute atomic E-state index is 0.0446. The van der Waals surface area contributed by atoms with Gasteiger partial charge in [0.05, 0.1) is 6.42 Å². The van der Waals surface area contributed by atoms with E-state index >= 15 is 0 Å². The summed E-state index contributed by atoms with van der Waals surface area (Å²) in [6.45, 7) is 11.8. The first-order valence-electron chi connectivity index (χ1n) is 9.93.